The minimum absolute atomic E-state index is 0.00573. The van der Waals surface area contributed by atoms with Gasteiger partial charge in [-0.3, -0.25) is 9.59 Å². The van der Waals surface area contributed by atoms with Crippen LogP contribution in [0.2, 0.25) is 5.02 Å². The van der Waals surface area contributed by atoms with Crippen molar-refractivity contribution >= 4 is 28.4 Å². The van der Waals surface area contributed by atoms with E-state index in [9.17, 15) is 14.0 Å². The number of para-hydroxylation sites is 1. The molecule has 1 heterocycles. The summed E-state index contributed by atoms with van der Waals surface area (Å²) in [6.45, 7) is 0.428. The number of carbonyl (C=O) groups is 1. The van der Waals surface area contributed by atoms with E-state index < -0.39 is 11.7 Å². The molecule has 0 saturated carbocycles. The van der Waals surface area contributed by atoms with Gasteiger partial charge >= 0.3 is 0 Å². The molecule has 140 valence electrons. The Hall–Kier alpha value is -2.77. The topological polar surface area (TPSA) is 75.3 Å². The van der Waals surface area contributed by atoms with E-state index in [1.165, 1.54) is 24.1 Å². The fourth-order valence-electron chi connectivity index (χ4n) is 2.68. The zero-order valence-electron chi connectivity index (χ0n) is 14.5. The summed E-state index contributed by atoms with van der Waals surface area (Å²) in [4.78, 5) is 33.5. The number of carbonyl (C=O) groups excluding carboxylic acids is 1. The predicted octanol–water partition coefficient (Wildman–Crippen LogP) is 3.00. The van der Waals surface area contributed by atoms with Gasteiger partial charge in [0.2, 0.25) is 0 Å². The van der Waals surface area contributed by atoms with Crippen molar-refractivity contribution < 1.29 is 13.9 Å². The Morgan fingerprint density at radius 3 is 2.85 bits per heavy atom. The molecule has 0 fully saturated rings. The van der Waals surface area contributed by atoms with Gasteiger partial charge in [-0.05, 0) is 30.3 Å². The average Bonchev–Trinajstić information content (AvgIpc) is 2.66. The van der Waals surface area contributed by atoms with Crippen LogP contribution >= 0.6 is 11.6 Å². The lowest BCUT2D eigenvalue weighted by atomic mass is 10.2. The second-order valence-electron chi connectivity index (χ2n) is 5.87. The van der Waals surface area contributed by atoms with Crippen LogP contribution in [-0.4, -0.2) is 41.0 Å². The lowest BCUT2D eigenvalue weighted by Crippen LogP contribution is -2.35. The number of nitrogens with zero attached hydrogens (tertiary/aromatic N) is 2. The SMILES string of the molecule is COCCN(Cc1nc2ccccc2c(=O)[nH]1)C(=O)c1cc(Cl)ccc1F. The molecule has 0 saturated heterocycles. The molecule has 0 aliphatic carbocycles. The number of hydrogen-bond donors (Lipinski definition) is 1. The lowest BCUT2D eigenvalue weighted by molar-refractivity contribution is 0.0670. The first kappa shape index (κ1) is 19.0. The first-order valence-electron chi connectivity index (χ1n) is 8.21. The van der Waals surface area contributed by atoms with Gasteiger partial charge in [-0.1, -0.05) is 23.7 Å². The number of nitrogens with one attached hydrogen (secondary N) is 1. The van der Waals surface area contributed by atoms with Gasteiger partial charge in [-0.15, -0.1) is 0 Å². The van der Waals surface area contributed by atoms with E-state index >= 15 is 0 Å². The maximum atomic E-state index is 14.1. The molecule has 3 rings (SSSR count). The van der Waals surface area contributed by atoms with E-state index in [4.69, 9.17) is 16.3 Å². The molecule has 0 spiro atoms. The number of methoxy groups -OCH3 is 1. The summed E-state index contributed by atoms with van der Waals surface area (Å²) in [5, 5.41) is 0.709. The lowest BCUT2D eigenvalue weighted by Gasteiger charge is -2.22. The molecular formula is C19H17ClFN3O3. The van der Waals surface area contributed by atoms with Gasteiger partial charge in [-0.2, -0.15) is 0 Å². The van der Waals surface area contributed by atoms with Crippen molar-refractivity contribution in [2.45, 2.75) is 6.54 Å². The third kappa shape index (κ3) is 4.32. The normalized spacial score (nSPS) is 10.9. The second kappa shape index (κ2) is 8.28. The summed E-state index contributed by atoms with van der Waals surface area (Å²) in [6.07, 6.45) is 0. The van der Waals surface area contributed by atoms with Gasteiger partial charge in [0.05, 0.1) is 29.6 Å². The molecule has 0 radical (unpaired) electrons. The van der Waals surface area contributed by atoms with Crippen LogP contribution in [0.25, 0.3) is 10.9 Å². The molecule has 3 aromatic rings. The first-order valence-corrected chi connectivity index (χ1v) is 8.58. The molecule has 0 aliphatic rings. The Bertz CT molecular complexity index is 1040. The fourth-order valence-corrected chi connectivity index (χ4v) is 2.85. The number of rotatable bonds is 6. The first-order chi connectivity index (χ1) is 13.0. The minimum atomic E-state index is -0.674. The van der Waals surface area contributed by atoms with Crippen molar-refractivity contribution in [3.63, 3.8) is 0 Å². The Morgan fingerprint density at radius 2 is 2.07 bits per heavy atom. The van der Waals surface area contributed by atoms with Crippen molar-refractivity contribution in [3.05, 3.63) is 75.0 Å². The quantitative estimate of drug-likeness (QED) is 0.703. The Morgan fingerprint density at radius 1 is 1.30 bits per heavy atom. The molecule has 8 heteroatoms. The molecule has 1 aromatic heterocycles. The van der Waals surface area contributed by atoms with Crippen LogP contribution in [0.5, 0.6) is 0 Å². The van der Waals surface area contributed by atoms with Gasteiger partial charge in [0.1, 0.15) is 11.6 Å². The van der Waals surface area contributed by atoms with Crippen molar-refractivity contribution in [3.8, 4) is 0 Å². The number of amides is 1. The number of benzene rings is 2. The number of hydrogen-bond acceptors (Lipinski definition) is 4. The Balaban J connectivity index is 1.94. The minimum Gasteiger partial charge on any atom is -0.383 e. The van der Waals surface area contributed by atoms with Crippen LogP contribution < -0.4 is 5.56 Å². The highest BCUT2D eigenvalue weighted by Crippen LogP contribution is 2.18. The molecule has 27 heavy (non-hydrogen) atoms. The van der Waals surface area contributed by atoms with E-state index in [1.54, 1.807) is 24.3 Å². The fraction of sp³-hybridized carbons (Fsp3) is 0.211. The smallest absolute Gasteiger partial charge is 0.258 e. The molecule has 0 atom stereocenters. The van der Waals surface area contributed by atoms with Crippen LogP contribution in [0.1, 0.15) is 16.2 Å². The molecule has 0 unspecified atom stereocenters. The highest BCUT2D eigenvalue weighted by molar-refractivity contribution is 6.31. The number of aromatic amines is 1. The highest BCUT2D eigenvalue weighted by atomic mass is 35.5. The molecule has 6 nitrogen and oxygen atoms in total. The monoisotopic (exact) mass is 389 g/mol. The van der Waals surface area contributed by atoms with Crippen molar-refractivity contribution in [1.29, 1.82) is 0 Å². The van der Waals surface area contributed by atoms with Crippen LogP contribution in [0.3, 0.4) is 0 Å². The number of ether oxygens (including phenoxy) is 1. The van der Waals surface area contributed by atoms with Crippen molar-refractivity contribution in [1.82, 2.24) is 14.9 Å². The second-order valence-corrected chi connectivity index (χ2v) is 6.31. The summed E-state index contributed by atoms with van der Waals surface area (Å²) in [5.74, 6) is -0.944. The molecule has 2 aromatic carbocycles. The van der Waals surface area contributed by atoms with E-state index in [-0.39, 0.29) is 35.8 Å². The zero-order chi connectivity index (χ0) is 19.4. The maximum absolute atomic E-state index is 14.1. The standard InChI is InChI=1S/C19H17ClFN3O3/c1-27-9-8-24(19(26)14-10-12(20)6-7-15(14)21)11-17-22-16-5-3-2-4-13(16)18(25)23-17/h2-7,10H,8-9,11H2,1H3,(H,22,23,25). The van der Waals surface area contributed by atoms with Crippen molar-refractivity contribution in [2.24, 2.45) is 0 Å². The summed E-state index contributed by atoms with van der Waals surface area (Å²) >= 11 is 5.89. The van der Waals surface area contributed by atoms with Gasteiger partial charge in [0.25, 0.3) is 11.5 Å². The number of halogens is 2. The average molecular weight is 390 g/mol. The highest BCUT2D eigenvalue weighted by Gasteiger charge is 2.21. The molecule has 0 bridgehead atoms. The van der Waals surface area contributed by atoms with Gasteiger partial charge < -0.3 is 14.6 Å². The van der Waals surface area contributed by atoms with E-state index in [0.29, 0.717) is 16.7 Å². The third-order valence-corrected chi connectivity index (χ3v) is 4.25. The Labute approximate surface area is 159 Å². The van der Waals surface area contributed by atoms with Crippen LogP contribution in [0.4, 0.5) is 4.39 Å². The summed E-state index contributed by atoms with van der Waals surface area (Å²) in [6, 6.07) is 10.7. The van der Waals surface area contributed by atoms with Crippen LogP contribution in [0.15, 0.2) is 47.3 Å². The Kier molecular flexibility index (Phi) is 5.83. The third-order valence-electron chi connectivity index (χ3n) is 4.01. The zero-order valence-corrected chi connectivity index (χ0v) is 15.3. The summed E-state index contributed by atoms with van der Waals surface area (Å²) in [7, 11) is 1.50. The van der Waals surface area contributed by atoms with Crippen LogP contribution in [-0.2, 0) is 11.3 Å². The van der Waals surface area contributed by atoms with Crippen molar-refractivity contribution in [2.75, 3.05) is 20.3 Å². The molecule has 1 N–H and O–H groups in total. The molecular weight excluding hydrogens is 373 g/mol. The maximum Gasteiger partial charge on any atom is 0.258 e. The van der Waals surface area contributed by atoms with Gasteiger partial charge in [0, 0.05) is 18.7 Å². The summed E-state index contributed by atoms with van der Waals surface area (Å²) < 4.78 is 19.1. The number of H-pyrrole nitrogens is 1. The van der Waals surface area contributed by atoms with Gasteiger partial charge in [-0.25, -0.2) is 9.37 Å². The largest absolute Gasteiger partial charge is 0.383 e. The van der Waals surface area contributed by atoms with E-state index in [1.807, 2.05) is 0 Å². The molecule has 1 amide bonds. The predicted molar refractivity (Wildman–Crippen MR) is 100 cm³/mol. The number of aromatic nitrogens is 2. The number of fused-ring (bicyclic) bond motifs is 1. The molecule has 0 aliphatic heterocycles. The van der Waals surface area contributed by atoms with Gasteiger partial charge in [0.15, 0.2) is 0 Å². The van der Waals surface area contributed by atoms with E-state index in [2.05, 4.69) is 9.97 Å². The van der Waals surface area contributed by atoms with Crippen LogP contribution in [0, 0.1) is 5.82 Å². The van der Waals surface area contributed by atoms with E-state index in [0.717, 1.165) is 6.07 Å². The summed E-state index contributed by atoms with van der Waals surface area (Å²) in [5.41, 5.74) is 0.0646.